The van der Waals surface area contributed by atoms with Crippen molar-refractivity contribution in [2.75, 3.05) is 60.0 Å². The minimum absolute atomic E-state index is 0.422. The van der Waals surface area contributed by atoms with Crippen LogP contribution in [0.5, 0.6) is 11.5 Å². The third kappa shape index (κ3) is 7.02. The molecular weight excluding hydrogens is 438 g/mol. The lowest BCUT2D eigenvalue weighted by Crippen LogP contribution is -2.41. The van der Waals surface area contributed by atoms with Gasteiger partial charge in [0.15, 0.2) is 0 Å². The van der Waals surface area contributed by atoms with Gasteiger partial charge in [-0.25, -0.2) is 0 Å². The molecule has 194 valence electrons. The number of ether oxygens (including phenoxy) is 3. The van der Waals surface area contributed by atoms with E-state index in [0.717, 1.165) is 107 Å². The summed E-state index contributed by atoms with van der Waals surface area (Å²) < 4.78 is 18.2. The van der Waals surface area contributed by atoms with Crippen LogP contribution >= 0.6 is 0 Å². The first-order chi connectivity index (χ1) is 17.1. The number of nitrogens with zero attached hydrogens (tertiary/aromatic N) is 2. The van der Waals surface area contributed by atoms with Gasteiger partial charge in [-0.05, 0) is 81.8 Å². The van der Waals surface area contributed by atoms with Crippen molar-refractivity contribution in [1.29, 1.82) is 0 Å². The lowest BCUT2D eigenvalue weighted by atomic mass is 9.97. The lowest BCUT2D eigenvalue weighted by Gasteiger charge is -2.35. The predicted octanol–water partition coefficient (Wildman–Crippen LogP) is 4.49. The fourth-order valence-corrected chi connectivity index (χ4v) is 5.64. The van der Waals surface area contributed by atoms with Crippen LogP contribution < -0.4 is 14.8 Å². The first-order valence-electron chi connectivity index (χ1n) is 13.6. The minimum atomic E-state index is 0.422. The van der Waals surface area contributed by atoms with E-state index in [1.807, 2.05) is 0 Å². The molecule has 0 radical (unpaired) electrons. The molecule has 0 atom stereocenters. The molecule has 1 aromatic rings. The summed E-state index contributed by atoms with van der Waals surface area (Å²) in [4.78, 5) is 4.96. The summed E-state index contributed by atoms with van der Waals surface area (Å²) in [5.74, 6) is 1.84. The van der Waals surface area contributed by atoms with E-state index in [-0.39, 0.29) is 0 Å². The summed E-state index contributed by atoms with van der Waals surface area (Å²) in [5.41, 5.74) is 4.92. The Hall–Kier alpha value is -2.02. The van der Waals surface area contributed by atoms with Gasteiger partial charge in [0.25, 0.3) is 0 Å². The highest BCUT2D eigenvalue weighted by atomic mass is 16.5. The molecular formula is C29H45N3O3. The Morgan fingerprint density at radius 2 is 1.60 bits per heavy atom. The second-order valence-corrected chi connectivity index (χ2v) is 10.3. The van der Waals surface area contributed by atoms with Crippen molar-refractivity contribution < 1.29 is 14.2 Å². The first-order valence-corrected chi connectivity index (χ1v) is 13.6. The number of benzene rings is 1. The van der Waals surface area contributed by atoms with Gasteiger partial charge in [0, 0.05) is 44.5 Å². The number of likely N-dealkylation sites (tertiary alicyclic amines) is 1. The Kier molecular flexibility index (Phi) is 9.52. The van der Waals surface area contributed by atoms with E-state index in [0.29, 0.717) is 12.2 Å². The molecule has 1 N–H and O–H groups in total. The van der Waals surface area contributed by atoms with E-state index in [1.165, 1.54) is 11.1 Å². The maximum atomic E-state index is 6.40. The number of nitrogens with one attached hydrogen (secondary N) is 1. The van der Waals surface area contributed by atoms with Crippen molar-refractivity contribution in [1.82, 2.24) is 15.1 Å². The largest absolute Gasteiger partial charge is 0.496 e. The van der Waals surface area contributed by atoms with Crippen molar-refractivity contribution in [3.8, 4) is 11.5 Å². The summed E-state index contributed by atoms with van der Waals surface area (Å²) >= 11 is 0. The summed E-state index contributed by atoms with van der Waals surface area (Å²) in [6.07, 6.45) is 12.1. The monoisotopic (exact) mass is 483 g/mol. The van der Waals surface area contributed by atoms with Crippen LogP contribution in [-0.2, 0) is 11.2 Å². The standard InChI is InChI=1S/C29H45N3O3/c1-5-13-32-20-22(2)17-24(21-32)23-18-28(33-3)27(29(19-23)34-4)10-16-31-14-8-26(9-15-31)35-25-6-11-30-12-7-25/h17-19,21,25-26,30H,5-16,20H2,1-4H3. The number of methoxy groups -OCH3 is 2. The van der Waals surface area contributed by atoms with Crippen LogP contribution in [-0.4, -0.2) is 82.0 Å². The van der Waals surface area contributed by atoms with Gasteiger partial charge in [-0.3, -0.25) is 0 Å². The van der Waals surface area contributed by atoms with Crippen molar-refractivity contribution in [3.05, 3.63) is 41.1 Å². The molecule has 0 spiro atoms. The molecule has 0 saturated carbocycles. The summed E-state index contributed by atoms with van der Waals surface area (Å²) in [6.45, 7) is 11.9. The van der Waals surface area contributed by atoms with Crippen LogP contribution in [0, 0.1) is 0 Å². The number of rotatable bonds is 10. The van der Waals surface area contributed by atoms with E-state index >= 15 is 0 Å². The molecule has 0 amide bonds. The minimum Gasteiger partial charge on any atom is -0.496 e. The highest BCUT2D eigenvalue weighted by Crippen LogP contribution is 2.35. The van der Waals surface area contributed by atoms with Gasteiger partial charge in [-0.15, -0.1) is 0 Å². The number of hydrogen-bond acceptors (Lipinski definition) is 6. The van der Waals surface area contributed by atoms with Crippen molar-refractivity contribution >= 4 is 5.57 Å². The number of piperidine rings is 2. The topological polar surface area (TPSA) is 46.2 Å². The Morgan fingerprint density at radius 3 is 2.23 bits per heavy atom. The van der Waals surface area contributed by atoms with E-state index in [4.69, 9.17) is 14.2 Å². The Morgan fingerprint density at radius 1 is 0.943 bits per heavy atom. The molecule has 3 aliphatic rings. The molecule has 1 aromatic carbocycles. The molecule has 0 unspecified atom stereocenters. The zero-order chi connectivity index (χ0) is 24.6. The fourth-order valence-electron chi connectivity index (χ4n) is 5.64. The molecule has 0 aromatic heterocycles. The Bertz CT molecular complexity index is 858. The Labute approximate surface area is 212 Å². The number of hydrogen-bond donors (Lipinski definition) is 1. The maximum Gasteiger partial charge on any atom is 0.126 e. The number of allylic oxidation sites excluding steroid dienone is 2. The zero-order valence-corrected chi connectivity index (χ0v) is 22.3. The van der Waals surface area contributed by atoms with Gasteiger partial charge >= 0.3 is 0 Å². The molecule has 3 heterocycles. The average Bonchev–Trinajstić information content (AvgIpc) is 2.88. The third-order valence-corrected chi connectivity index (χ3v) is 7.51. The van der Waals surface area contributed by atoms with Crippen LogP contribution in [0.2, 0.25) is 0 Å². The molecule has 2 saturated heterocycles. The van der Waals surface area contributed by atoms with E-state index in [2.05, 4.69) is 53.4 Å². The summed E-state index contributed by atoms with van der Waals surface area (Å²) in [7, 11) is 3.54. The highest BCUT2D eigenvalue weighted by molar-refractivity contribution is 5.77. The maximum absolute atomic E-state index is 6.40. The van der Waals surface area contributed by atoms with Crippen LogP contribution in [0.4, 0.5) is 0 Å². The van der Waals surface area contributed by atoms with Crippen LogP contribution in [0.3, 0.4) is 0 Å². The van der Waals surface area contributed by atoms with Crippen LogP contribution in [0.25, 0.3) is 5.57 Å². The zero-order valence-electron chi connectivity index (χ0n) is 22.3. The van der Waals surface area contributed by atoms with Crippen LogP contribution in [0.15, 0.2) is 30.0 Å². The second kappa shape index (κ2) is 12.8. The van der Waals surface area contributed by atoms with Gasteiger partial charge in [0.1, 0.15) is 11.5 Å². The van der Waals surface area contributed by atoms with Crippen molar-refractivity contribution in [2.24, 2.45) is 0 Å². The third-order valence-electron chi connectivity index (χ3n) is 7.51. The molecule has 2 fully saturated rings. The smallest absolute Gasteiger partial charge is 0.126 e. The van der Waals surface area contributed by atoms with Gasteiger partial charge in [0.2, 0.25) is 0 Å². The highest BCUT2D eigenvalue weighted by Gasteiger charge is 2.24. The Balaban J connectivity index is 1.38. The molecule has 6 nitrogen and oxygen atoms in total. The van der Waals surface area contributed by atoms with Gasteiger partial charge in [-0.2, -0.15) is 0 Å². The van der Waals surface area contributed by atoms with Crippen molar-refractivity contribution in [2.45, 2.75) is 64.6 Å². The van der Waals surface area contributed by atoms with E-state index < -0.39 is 0 Å². The normalized spacial score (nSPS) is 20.5. The van der Waals surface area contributed by atoms with E-state index in [1.54, 1.807) is 14.2 Å². The molecule has 0 bridgehead atoms. The van der Waals surface area contributed by atoms with Gasteiger partial charge < -0.3 is 29.3 Å². The van der Waals surface area contributed by atoms with E-state index in [9.17, 15) is 0 Å². The fraction of sp³-hybridized carbons (Fsp3) is 0.655. The van der Waals surface area contributed by atoms with Crippen molar-refractivity contribution in [3.63, 3.8) is 0 Å². The summed E-state index contributed by atoms with van der Waals surface area (Å²) in [6, 6.07) is 4.37. The first kappa shape index (κ1) is 26.1. The average molecular weight is 484 g/mol. The molecule has 35 heavy (non-hydrogen) atoms. The molecule has 4 rings (SSSR count). The lowest BCUT2D eigenvalue weighted by molar-refractivity contribution is -0.0529. The van der Waals surface area contributed by atoms with Gasteiger partial charge in [0.05, 0.1) is 26.4 Å². The predicted molar refractivity (Wildman–Crippen MR) is 143 cm³/mol. The quantitative estimate of drug-likeness (QED) is 0.529. The SMILES string of the molecule is CCCN1C=C(c2cc(OC)c(CCN3CCC(OC4CCNCC4)CC3)c(OC)c2)C=C(C)C1. The van der Waals surface area contributed by atoms with Crippen LogP contribution in [0.1, 0.15) is 57.1 Å². The molecule has 6 heteroatoms. The molecule has 0 aliphatic carbocycles. The van der Waals surface area contributed by atoms with Gasteiger partial charge in [-0.1, -0.05) is 18.6 Å². The summed E-state index contributed by atoms with van der Waals surface area (Å²) in [5, 5.41) is 3.42. The molecule has 3 aliphatic heterocycles. The second-order valence-electron chi connectivity index (χ2n) is 10.3.